The molecule has 0 bridgehead atoms. The maximum Gasteiger partial charge on any atom is 0.256 e. The summed E-state index contributed by atoms with van der Waals surface area (Å²) in [6.07, 6.45) is 0. The van der Waals surface area contributed by atoms with E-state index in [-0.39, 0.29) is 5.92 Å². The molecule has 0 fully saturated rings. The molecule has 3 nitrogen and oxygen atoms in total. The third-order valence-electron chi connectivity index (χ3n) is 3.86. The fraction of sp³-hybridized carbons (Fsp3) is 0.158. The van der Waals surface area contributed by atoms with Crippen molar-refractivity contribution in [2.24, 2.45) is 0 Å². The molecule has 0 radical (unpaired) electrons. The van der Waals surface area contributed by atoms with Crippen LogP contribution in [0, 0.1) is 17.5 Å². The molecular formula is C19H15F3N2O. The molecule has 0 atom stereocenters. The Morgan fingerprint density at radius 3 is 2.48 bits per heavy atom. The summed E-state index contributed by atoms with van der Waals surface area (Å²) in [6.45, 7) is 3.88. The number of amides is 1. The Morgan fingerprint density at radius 2 is 1.76 bits per heavy atom. The maximum atomic E-state index is 13.8. The summed E-state index contributed by atoms with van der Waals surface area (Å²) in [7, 11) is 0. The van der Waals surface area contributed by atoms with Crippen molar-refractivity contribution in [1.29, 1.82) is 0 Å². The fourth-order valence-corrected chi connectivity index (χ4v) is 2.49. The van der Waals surface area contributed by atoms with Crippen LogP contribution in [-0.2, 0) is 0 Å². The summed E-state index contributed by atoms with van der Waals surface area (Å²) in [5, 5.41) is 2.89. The Kier molecular flexibility index (Phi) is 4.44. The molecule has 0 aliphatic carbocycles. The first kappa shape index (κ1) is 17.0. The molecule has 0 aliphatic rings. The predicted octanol–water partition coefficient (Wildman–Crippen LogP) is 5.03. The molecule has 0 saturated carbocycles. The van der Waals surface area contributed by atoms with Crippen LogP contribution < -0.4 is 5.32 Å². The second-order valence-corrected chi connectivity index (χ2v) is 5.94. The minimum Gasteiger partial charge on any atom is -0.319 e. The van der Waals surface area contributed by atoms with E-state index >= 15 is 0 Å². The van der Waals surface area contributed by atoms with Gasteiger partial charge in [0.25, 0.3) is 5.91 Å². The summed E-state index contributed by atoms with van der Waals surface area (Å²) in [6, 6.07) is 10.4. The van der Waals surface area contributed by atoms with Gasteiger partial charge in [-0.2, -0.15) is 0 Å². The smallest absolute Gasteiger partial charge is 0.256 e. The standard InChI is InChI=1S/C19H15F3N2O/c1-10(2)16-9-12(11-5-3-4-6-14(11)23-16)19(25)24-15-8-7-13(20)17(21)18(15)22/h3-10H,1-2H3,(H,24,25). The van der Waals surface area contributed by atoms with Crippen LogP contribution in [-0.4, -0.2) is 10.9 Å². The molecule has 1 N–H and O–H groups in total. The Hall–Kier alpha value is -2.89. The predicted molar refractivity (Wildman–Crippen MR) is 90.1 cm³/mol. The van der Waals surface area contributed by atoms with Gasteiger partial charge < -0.3 is 5.32 Å². The molecule has 128 valence electrons. The lowest BCUT2D eigenvalue weighted by Crippen LogP contribution is -2.15. The van der Waals surface area contributed by atoms with Crippen LogP contribution in [0.1, 0.15) is 35.8 Å². The van der Waals surface area contributed by atoms with Gasteiger partial charge in [-0.1, -0.05) is 32.0 Å². The van der Waals surface area contributed by atoms with Crippen molar-refractivity contribution in [2.45, 2.75) is 19.8 Å². The molecule has 3 rings (SSSR count). The lowest BCUT2D eigenvalue weighted by Gasteiger charge is -2.12. The number of pyridine rings is 1. The van der Waals surface area contributed by atoms with E-state index < -0.39 is 29.0 Å². The molecule has 6 heteroatoms. The van der Waals surface area contributed by atoms with E-state index in [4.69, 9.17) is 0 Å². The number of halogens is 3. The van der Waals surface area contributed by atoms with Gasteiger partial charge in [0.1, 0.15) is 0 Å². The molecule has 25 heavy (non-hydrogen) atoms. The zero-order valence-corrected chi connectivity index (χ0v) is 13.6. The monoisotopic (exact) mass is 344 g/mol. The minimum absolute atomic E-state index is 0.0798. The first-order valence-corrected chi connectivity index (χ1v) is 7.73. The van der Waals surface area contributed by atoms with Crippen LogP contribution in [0.2, 0.25) is 0 Å². The normalized spacial score (nSPS) is 11.1. The summed E-state index contributed by atoms with van der Waals surface area (Å²) in [5.41, 5.74) is 1.20. The van der Waals surface area contributed by atoms with E-state index in [1.807, 2.05) is 13.8 Å². The number of aromatic nitrogens is 1. The Labute approximate surface area is 142 Å². The van der Waals surface area contributed by atoms with Crippen molar-refractivity contribution in [2.75, 3.05) is 5.32 Å². The molecule has 1 amide bonds. The number of anilines is 1. The van der Waals surface area contributed by atoms with Crippen LogP contribution in [0.4, 0.5) is 18.9 Å². The maximum absolute atomic E-state index is 13.8. The van der Waals surface area contributed by atoms with E-state index in [2.05, 4.69) is 10.3 Å². The van der Waals surface area contributed by atoms with Crippen LogP contribution in [0.3, 0.4) is 0 Å². The fourth-order valence-electron chi connectivity index (χ4n) is 2.49. The van der Waals surface area contributed by atoms with Gasteiger partial charge in [-0.3, -0.25) is 9.78 Å². The lowest BCUT2D eigenvalue weighted by molar-refractivity contribution is 0.102. The summed E-state index contributed by atoms with van der Waals surface area (Å²) in [5.74, 6) is -4.91. The first-order valence-electron chi connectivity index (χ1n) is 7.73. The molecule has 1 aromatic heterocycles. The van der Waals surface area contributed by atoms with Crippen molar-refractivity contribution in [3.63, 3.8) is 0 Å². The number of rotatable bonds is 3. The number of fused-ring (bicyclic) bond motifs is 1. The number of carbonyl (C=O) groups excluding carboxylic acids is 1. The molecule has 0 aliphatic heterocycles. The minimum atomic E-state index is -1.62. The number of nitrogens with zero attached hydrogens (tertiary/aromatic N) is 1. The summed E-state index contributed by atoms with van der Waals surface area (Å²) >= 11 is 0. The highest BCUT2D eigenvalue weighted by Crippen LogP contribution is 2.25. The summed E-state index contributed by atoms with van der Waals surface area (Å²) < 4.78 is 40.2. The van der Waals surface area contributed by atoms with Gasteiger partial charge in [0, 0.05) is 11.1 Å². The van der Waals surface area contributed by atoms with Crippen LogP contribution in [0.15, 0.2) is 42.5 Å². The molecule has 0 unspecified atom stereocenters. The lowest BCUT2D eigenvalue weighted by atomic mass is 10.0. The zero-order chi connectivity index (χ0) is 18.1. The second kappa shape index (κ2) is 6.55. The van der Waals surface area contributed by atoms with Crippen LogP contribution in [0.5, 0.6) is 0 Å². The van der Waals surface area contributed by atoms with Crippen molar-refractivity contribution in [3.8, 4) is 0 Å². The SMILES string of the molecule is CC(C)c1cc(C(=O)Nc2ccc(F)c(F)c2F)c2ccccc2n1. The van der Waals surface area contributed by atoms with Gasteiger partial charge in [-0.05, 0) is 30.2 Å². The third kappa shape index (κ3) is 3.20. The molecule has 2 aromatic carbocycles. The number of benzene rings is 2. The van der Waals surface area contributed by atoms with Crippen LogP contribution >= 0.6 is 0 Å². The number of carbonyl (C=O) groups is 1. The van der Waals surface area contributed by atoms with Gasteiger partial charge in [0.2, 0.25) is 0 Å². The van der Waals surface area contributed by atoms with E-state index in [9.17, 15) is 18.0 Å². The Balaban J connectivity index is 2.07. The van der Waals surface area contributed by atoms with Crippen LogP contribution in [0.25, 0.3) is 10.9 Å². The zero-order valence-electron chi connectivity index (χ0n) is 13.6. The first-order chi connectivity index (χ1) is 11.9. The number of para-hydroxylation sites is 1. The number of hydrogen-bond donors (Lipinski definition) is 1. The van der Waals surface area contributed by atoms with E-state index in [0.29, 0.717) is 22.2 Å². The molecule has 0 spiro atoms. The van der Waals surface area contributed by atoms with Crippen molar-refractivity contribution >= 4 is 22.5 Å². The van der Waals surface area contributed by atoms with Crippen molar-refractivity contribution in [3.05, 3.63) is 71.2 Å². The number of nitrogens with one attached hydrogen (secondary N) is 1. The molecule has 0 saturated heterocycles. The third-order valence-corrected chi connectivity index (χ3v) is 3.86. The highest BCUT2D eigenvalue weighted by Gasteiger charge is 2.18. The van der Waals surface area contributed by atoms with Gasteiger partial charge in [-0.15, -0.1) is 0 Å². The molecule has 1 heterocycles. The Morgan fingerprint density at radius 1 is 1.04 bits per heavy atom. The van der Waals surface area contributed by atoms with Crippen molar-refractivity contribution in [1.82, 2.24) is 4.98 Å². The number of hydrogen-bond acceptors (Lipinski definition) is 2. The van der Waals surface area contributed by atoms with Gasteiger partial charge in [0.15, 0.2) is 17.5 Å². The largest absolute Gasteiger partial charge is 0.319 e. The topological polar surface area (TPSA) is 42.0 Å². The van der Waals surface area contributed by atoms with Gasteiger partial charge in [0.05, 0.1) is 16.8 Å². The quantitative estimate of drug-likeness (QED) is 0.677. The highest BCUT2D eigenvalue weighted by atomic mass is 19.2. The second-order valence-electron chi connectivity index (χ2n) is 5.94. The average Bonchev–Trinajstić information content (AvgIpc) is 2.61. The highest BCUT2D eigenvalue weighted by molar-refractivity contribution is 6.12. The van der Waals surface area contributed by atoms with Gasteiger partial charge in [-0.25, -0.2) is 13.2 Å². The van der Waals surface area contributed by atoms with E-state index in [1.165, 1.54) is 0 Å². The molecular weight excluding hydrogens is 329 g/mol. The molecule has 3 aromatic rings. The van der Waals surface area contributed by atoms with Gasteiger partial charge >= 0.3 is 0 Å². The van der Waals surface area contributed by atoms with E-state index in [1.54, 1.807) is 30.3 Å². The average molecular weight is 344 g/mol. The summed E-state index contributed by atoms with van der Waals surface area (Å²) in [4.78, 5) is 17.1. The van der Waals surface area contributed by atoms with Crippen molar-refractivity contribution < 1.29 is 18.0 Å². The van der Waals surface area contributed by atoms with E-state index in [0.717, 1.165) is 12.1 Å². The Bertz CT molecular complexity index is 970.